The van der Waals surface area contributed by atoms with Gasteiger partial charge in [0.2, 0.25) is 5.91 Å². The van der Waals surface area contributed by atoms with Crippen molar-refractivity contribution >= 4 is 23.1 Å². The summed E-state index contributed by atoms with van der Waals surface area (Å²) in [5.74, 6) is 0.582. The first kappa shape index (κ1) is 19.9. The Kier molecular flexibility index (Phi) is 5.97. The van der Waals surface area contributed by atoms with Crippen LogP contribution >= 0.6 is 0 Å². The number of carbonyl (C=O) groups is 1. The number of piperazine rings is 1. The molecule has 0 spiro atoms. The fourth-order valence-electron chi connectivity index (χ4n) is 3.62. The minimum atomic E-state index is -0.358. The highest BCUT2D eigenvalue weighted by Crippen LogP contribution is 2.19. The van der Waals surface area contributed by atoms with Crippen LogP contribution in [0.1, 0.15) is 19.8 Å². The van der Waals surface area contributed by atoms with E-state index < -0.39 is 0 Å². The molecular formula is C21H27N7O2. The predicted octanol–water partition coefficient (Wildman–Crippen LogP) is 1.13. The van der Waals surface area contributed by atoms with Crippen LogP contribution in [-0.2, 0) is 11.3 Å². The summed E-state index contributed by atoms with van der Waals surface area (Å²) in [6, 6.07) is 12.2. The van der Waals surface area contributed by atoms with Crippen LogP contribution in [0.4, 0.5) is 11.5 Å². The van der Waals surface area contributed by atoms with Crippen molar-refractivity contribution in [3.05, 3.63) is 53.2 Å². The molecule has 30 heavy (non-hydrogen) atoms. The summed E-state index contributed by atoms with van der Waals surface area (Å²) in [5, 5.41) is 7.14. The van der Waals surface area contributed by atoms with Gasteiger partial charge in [0.1, 0.15) is 18.7 Å². The van der Waals surface area contributed by atoms with Crippen molar-refractivity contribution in [2.24, 2.45) is 0 Å². The van der Waals surface area contributed by atoms with Crippen molar-refractivity contribution in [3.8, 4) is 0 Å². The number of hydrogen-bond acceptors (Lipinski definition) is 6. The second kappa shape index (κ2) is 8.98. The summed E-state index contributed by atoms with van der Waals surface area (Å²) in [7, 11) is 0. The number of carbonyl (C=O) groups excluding carboxylic acids is 1. The summed E-state index contributed by atoms with van der Waals surface area (Å²) in [5.41, 5.74) is 1.36. The Morgan fingerprint density at radius 2 is 1.83 bits per heavy atom. The van der Waals surface area contributed by atoms with Crippen molar-refractivity contribution in [2.75, 3.05) is 42.5 Å². The van der Waals surface area contributed by atoms with Gasteiger partial charge in [0.25, 0.3) is 0 Å². The molecule has 1 N–H and O–H groups in total. The standard InChI is InChI=1S/C21H27N7O2/c1-2-3-9-22-20(29)15-28-21(30)27-16-23-18(14-19(27)24-28)26-12-10-25(11-13-26)17-7-5-4-6-8-17/h4-8,14,16H,2-3,9-13,15H2,1H3,(H,22,29). The lowest BCUT2D eigenvalue weighted by molar-refractivity contribution is -0.121. The maximum absolute atomic E-state index is 12.5. The maximum atomic E-state index is 12.5. The Hall–Kier alpha value is -3.36. The van der Waals surface area contributed by atoms with E-state index in [0.29, 0.717) is 12.2 Å². The van der Waals surface area contributed by atoms with Gasteiger partial charge in [-0.25, -0.2) is 18.9 Å². The lowest BCUT2D eigenvalue weighted by atomic mass is 10.2. The third-order valence-corrected chi connectivity index (χ3v) is 5.33. The molecule has 1 saturated heterocycles. The van der Waals surface area contributed by atoms with Crippen LogP contribution in [0.2, 0.25) is 0 Å². The molecule has 9 heteroatoms. The van der Waals surface area contributed by atoms with Crippen LogP contribution in [0.25, 0.3) is 5.65 Å². The predicted molar refractivity (Wildman–Crippen MR) is 116 cm³/mol. The van der Waals surface area contributed by atoms with Gasteiger partial charge < -0.3 is 15.1 Å². The van der Waals surface area contributed by atoms with Crippen molar-refractivity contribution in [3.63, 3.8) is 0 Å². The van der Waals surface area contributed by atoms with Gasteiger partial charge in [0.15, 0.2) is 5.65 Å². The average molecular weight is 409 g/mol. The van der Waals surface area contributed by atoms with Gasteiger partial charge in [-0.05, 0) is 18.6 Å². The first-order valence-corrected chi connectivity index (χ1v) is 10.4. The highest BCUT2D eigenvalue weighted by Gasteiger charge is 2.19. The molecule has 3 heterocycles. The quantitative estimate of drug-likeness (QED) is 0.589. The van der Waals surface area contributed by atoms with Crippen LogP contribution < -0.4 is 20.8 Å². The molecule has 0 unspecified atom stereocenters. The number of anilines is 2. The van der Waals surface area contributed by atoms with E-state index in [0.717, 1.165) is 44.8 Å². The third-order valence-electron chi connectivity index (χ3n) is 5.33. The van der Waals surface area contributed by atoms with E-state index >= 15 is 0 Å². The van der Waals surface area contributed by atoms with Gasteiger partial charge in [-0.1, -0.05) is 31.5 Å². The van der Waals surface area contributed by atoms with Crippen molar-refractivity contribution < 1.29 is 4.79 Å². The largest absolute Gasteiger partial charge is 0.368 e. The van der Waals surface area contributed by atoms with Gasteiger partial charge in [-0.15, -0.1) is 5.10 Å². The van der Waals surface area contributed by atoms with Crippen molar-refractivity contribution in [2.45, 2.75) is 26.3 Å². The van der Waals surface area contributed by atoms with E-state index in [4.69, 9.17) is 0 Å². The van der Waals surface area contributed by atoms with Gasteiger partial charge >= 0.3 is 5.69 Å². The molecule has 1 aliphatic heterocycles. The first-order valence-electron chi connectivity index (χ1n) is 10.4. The summed E-state index contributed by atoms with van der Waals surface area (Å²) in [4.78, 5) is 33.5. The smallest absolute Gasteiger partial charge is 0.352 e. The minimum Gasteiger partial charge on any atom is -0.368 e. The average Bonchev–Trinajstić information content (AvgIpc) is 3.09. The summed E-state index contributed by atoms with van der Waals surface area (Å²) >= 11 is 0. The maximum Gasteiger partial charge on any atom is 0.352 e. The molecule has 0 aliphatic carbocycles. The lowest BCUT2D eigenvalue weighted by Gasteiger charge is -2.36. The zero-order chi connectivity index (χ0) is 20.9. The summed E-state index contributed by atoms with van der Waals surface area (Å²) < 4.78 is 2.57. The molecule has 0 atom stereocenters. The highest BCUT2D eigenvalue weighted by atomic mass is 16.2. The molecule has 1 amide bonds. The number of hydrogen-bond donors (Lipinski definition) is 1. The molecule has 1 aliphatic rings. The van der Waals surface area contributed by atoms with Crippen molar-refractivity contribution in [1.29, 1.82) is 0 Å². The Balaban J connectivity index is 1.44. The van der Waals surface area contributed by atoms with Crippen molar-refractivity contribution in [1.82, 2.24) is 24.5 Å². The van der Waals surface area contributed by atoms with Gasteiger partial charge in [0, 0.05) is 44.5 Å². The second-order valence-corrected chi connectivity index (χ2v) is 7.43. The first-order chi connectivity index (χ1) is 14.7. The Morgan fingerprint density at radius 1 is 1.10 bits per heavy atom. The number of nitrogens with zero attached hydrogens (tertiary/aromatic N) is 6. The molecule has 9 nitrogen and oxygen atoms in total. The summed E-state index contributed by atoms with van der Waals surface area (Å²) in [6.07, 6.45) is 3.41. The van der Waals surface area contributed by atoms with E-state index in [1.165, 1.54) is 21.1 Å². The zero-order valence-electron chi connectivity index (χ0n) is 17.2. The van der Waals surface area contributed by atoms with E-state index in [9.17, 15) is 9.59 Å². The van der Waals surface area contributed by atoms with E-state index in [-0.39, 0.29) is 18.1 Å². The zero-order valence-corrected chi connectivity index (χ0v) is 17.2. The van der Waals surface area contributed by atoms with Crippen LogP contribution in [0.3, 0.4) is 0 Å². The third kappa shape index (κ3) is 4.29. The van der Waals surface area contributed by atoms with Crippen LogP contribution in [0.5, 0.6) is 0 Å². The number of benzene rings is 1. The molecule has 0 bridgehead atoms. The van der Waals surface area contributed by atoms with Crippen LogP contribution in [0.15, 0.2) is 47.5 Å². The monoisotopic (exact) mass is 409 g/mol. The number of fused-ring (bicyclic) bond motifs is 1. The van der Waals surface area contributed by atoms with Crippen LogP contribution in [0, 0.1) is 0 Å². The number of nitrogens with one attached hydrogen (secondary N) is 1. The fourth-order valence-corrected chi connectivity index (χ4v) is 3.62. The molecule has 1 aromatic carbocycles. The molecule has 0 radical (unpaired) electrons. The van der Waals surface area contributed by atoms with Crippen LogP contribution in [-0.4, -0.2) is 57.8 Å². The highest BCUT2D eigenvalue weighted by molar-refractivity contribution is 5.75. The SMILES string of the molecule is CCCCNC(=O)Cn1nc2cc(N3CCN(c4ccccc4)CC3)ncn2c1=O. The number of rotatable bonds is 7. The molecule has 3 aromatic rings. The van der Waals surface area contributed by atoms with Gasteiger partial charge in [-0.3, -0.25) is 4.79 Å². The molecule has 4 rings (SSSR count). The van der Waals surface area contributed by atoms with E-state index in [1.54, 1.807) is 0 Å². The lowest BCUT2D eigenvalue weighted by Crippen LogP contribution is -2.46. The van der Waals surface area contributed by atoms with E-state index in [1.807, 2.05) is 12.1 Å². The van der Waals surface area contributed by atoms with E-state index in [2.05, 4.69) is 56.4 Å². The van der Waals surface area contributed by atoms with Gasteiger partial charge in [-0.2, -0.15) is 0 Å². The number of aromatic nitrogens is 4. The molecule has 158 valence electrons. The Morgan fingerprint density at radius 3 is 2.57 bits per heavy atom. The Labute approximate surface area is 174 Å². The number of para-hydroxylation sites is 1. The topological polar surface area (TPSA) is 87.8 Å². The molecular weight excluding hydrogens is 382 g/mol. The Bertz CT molecular complexity index is 1050. The second-order valence-electron chi connectivity index (χ2n) is 7.43. The normalized spacial score (nSPS) is 14.3. The fraction of sp³-hybridized carbons (Fsp3) is 0.429. The summed E-state index contributed by atoms with van der Waals surface area (Å²) in [6.45, 7) is 6.05. The van der Waals surface area contributed by atoms with Gasteiger partial charge in [0.05, 0.1) is 0 Å². The molecule has 0 saturated carbocycles. The number of amides is 1. The number of unbranched alkanes of at least 4 members (excludes halogenated alkanes) is 1. The molecule has 1 fully saturated rings. The minimum absolute atomic E-state index is 0.0880. The molecule has 2 aromatic heterocycles.